The summed E-state index contributed by atoms with van der Waals surface area (Å²) in [6.45, 7) is 17.2. The van der Waals surface area contributed by atoms with Gasteiger partial charge < -0.3 is 10.8 Å². The largest absolute Gasteiger partial charge is 0.396 e. The number of aryl methyl sites for hydroxylation is 1. The molecule has 10 atom stereocenters. The van der Waals surface area contributed by atoms with Gasteiger partial charge >= 0.3 is 6.15 Å². The highest BCUT2D eigenvalue weighted by Gasteiger charge is 2.70. The maximum atomic E-state index is 14.6. The number of allylic oxidation sites excluding steroid dienone is 2. The van der Waals surface area contributed by atoms with Crippen molar-refractivity contribution in [2.45, 2.75) is 112 Å². The Kier molecular flexibility index (Phi) is 8.03. The summed E-state index contributed by atoms with van der Waals surface area (Å²) >= 11 is 0. The van der Waals surface area contributed by atoms with E-state index in [2.05, 4.69) is 53.7 Å². The number of fused-ring (bicyclic) bond motifs is 7. The SMILES string of the molecule is Cc1ccc(C2=CC[C@]3(C)[C@H]4CC[C@@H]5[C@H]6[C@H](C(C)CO)CC[C@]6(N)CC[C@@]5(C)[C@]4(C)CC[C@H]3C2(C)C)cc1F.O=C=O. The summed E-state index contributed by atoms with van der Waals surface area (Å²) in [7, 11) is 0. The number of hydrogen-bond acceptors (Lipinski definition) is 4. The lowest BCUT2D eigenvalue weighted by Gasteiger charge is -2.72. The monoisotopic (exact) mass is 579 g/mol. The summed E-state index contributed by atoms with van der Waals surface area (Å²) in [4.78, 5) is 16.2. The summed E-state index contributed by atoms with van der Waals surface area (Å²) in [5, 5.41) is 10.1. The van der Waals surface area contributed by atoms with Gasteiger partial charge in [0.2, 0.25) is 0 Å². The zero-order chi connectivity index (χ0) is 30.9. The molecule has 5 heteroatoms. The average molecular weight is 580 g/mol. The fraction of sp³-hybridized carbons (Fsp3) is 0.757. The maximum absolute atomic E-state index is 14.6. The molecule has 0 heterocycles. The lowest BCUT2D eigenvalue weighted by molar-refractivity contribution is -0.219. The molecule has 4 fully saturated rings. The van der Waals surface area contributed by atoms with Gasteiger partial charge in [-0.25, -0.2) is 4.39 Å². The van der Waals surface area contributed by atoms with Gasteiger partial charge in [-0.15, -0.1) is 0 Å². The Bertz CT molecular complexity index is 1270. The minimum Gasteiger partial charge on any atom is -0.396 e. The fourth-order valence-electron chi connectivity index (χ4n) is 12.3. The molecule has 5 aliphatic rings. The van der Waals surface area contributed by atoms with E-state index in [9.17, 15) is 9.50 Å². The van der Waals surface area contributed by atoms with Crippen LogP contribution in [0.2, 0.25) is 0 Å². The molecule has 5 aliphatic carbocycles. The van der Waals surface area contributed by atoms with Crippen molar-refractivity contribution in [3.63, 3.8) is 0 Å². The van der Waals surface area contributed by atoms with Crippen molar-refractivity contribution in [3.8, 4) is 0 Å². The normalized spacial score (nSPS) is 44.1. The number of halogens is 1. The Balaban J connectivity index is 0.00000113. The van der Waals surface area contributed by atoms with Crippen LogP contribution in [-0.4, -0.2) is 23.4 Å². The third-order valence-electron chi connectivity index (χ3n) is 14.6. The van der Waals surface area contributed by atoms with Gasteiger partial charge in [-0.2, -0.15) is 9.59 Å². The molecule has 6 rings (SSSR count). The summed E-state index contributed by atoms with van der Waals surface area (Å²) < 4.78 is 14.6. The average Bonchev–Trinajstić information content (AvgIpc) is 3.28. The molecule has 0 saturated heterocycles. The number of hydrogen-bond donors (Lipinski definition) is 2. The van der Waals surface area contributed by atoms with Gasteiger partial charge in [-0.05, 0) is 145 Å². The predicted octanol–water partition coefficient (Wildman–Crippen LogP) is 7.96. The summed E-state index contributed by atoms with van der Waals surface area (Å²) in [5.74, 6) is 3.32. The summed E-state index contributed by atoms with van der Waals surface area (Å²) in [6.07, 6.45) is 13.7. The van der Waals surface area contributed by atoms with Crippen LogP contribution in [-0.2, 0) is 9.59 Å². The summed E-state index contributed by atoms with van der Waals surface area (Å²) in [5.41, 5.74) is 11.2. The van der Waals surface area contributed by atoms with Crippen LogP contribution in [0.1, 0.15) is 110 Å². The molecule has 1 aromatic carbocycles. The number of rotatable bonds is 3. The third-order valence-corrected chi connectivity index (χ3v) is 14.6. The van der Waals surface area contributed by atoms with Crippen LogP contribution >= 0.6 is 0 Å². The quantitative estimate of drug-likeness (QED) is 0.381. The molecule has 0 amide bonds. The summed E-state index contributed by atoms with van der Waals surface area (Å²) in [6, 6.07) is 5.86. The van der Waals surface area contributed by atoms with Crippen LogP contribution in [0.15, 0.2) is 24.3 Å². The zero-order valence-corrected chi connectivity index (χ0v) is 27.1. The smallest absolute Gasteiger partial charge is 0.373 e. The standard InChI is InChI=1S/C36H54FNO.CO2/c1-22-8-9-24(20-28(22)37)26-13-15-33(5)29(32(26,3)4)14-16-35(7)30(33)11-10-27-31-25(23(2)21-39)12-17-36(31,38)19-18-34(27,35)6;2-1-3/h8-9,13,20,23,25,27,29-31,39H,10-12,14-19,21,38H2,1-7H3;/t23?,25-,27+,29-,30+,31+,33-,34+,35+,36-;/m0./s1. The van der Waals surface area contributed by atoms with Crippen molar-refractivity contribution in [3.05, 3.63) is 41.2 Å². The molecule has 1 aromatic rings. The first-order valence-corrected chi connectivity index (χ1v) is 16.5. The van der Waals surface area contributed by atoms with Crippen molar-refractivity contribution in [1.82, 2.24) is 0 Å². The highest BCUT2D eigenvalue weighted by molar-refractivity contribution is 5.71. The molecular weight excluding hydrogens is 525 g/mol. The minimum atomic E-state index is -0.0889. The second-order valence-corrected chi connectivity index (χ2v) is 16.4. The Morgan fingerprint density at radius 3 is 2.31 bits per heavy atom. The van der Waals surface area contributed by atoms with Crippen LogP contribution in [0.25, 0.3) is 5.57 Å². The topological polar surface area (TPSA) is 80.4 Å². The van der Waals surface area contributed by atoms with Crippen molar-refractivity contribution < 1.29 is 19.1 Å². The van der Waals surface area contributed by atoms with E-state index in [1.807, 2.05) is 13.0 Å². The molecular formula is C37H54FNO3. The van der Waals surface area contributed by atoms with E-state index in [0.29, 0.717) is 46.3 Å². The van der Waals surface area contributed by atoms with Gasteiger partial charge in [0.1, 0.15) is 5.82 Å². The number of carbonyl (C=O) groups excluding carboxylic acids is 2. The molecule has 0 bridgehead atoms. The Labute approximate surface area is 253 Å². The van der Waals surface area contributed by atoms with Crippen LogP contribution in [0.4, 0.5) is 4.39 Å². The van der Waals surface area contributed by atoms with Gasteiger partial charge in [0.15, 0.2) is 0 Å². The first kappa shape index (κ1) is 31.6. The molecule has 0 aliphatic heterocycles. The second kappa shape index (κ2) is 10.7. The van der Waals surface area contributed by atoms with Crippen molar-refractivity contribution in [2.24, 2.45) is 62.9 Å². The molecule has 42 heavy (non-hydrogen) atoms. The van der Waals surface area contributed by atoms with Crippen LogP contribution in [0.3, 0.4) is 0 Å². The van der Waals surface area contributed by atoms with Gasteiger partial charge in [0.25, 0.3) is 0 Å². The Hall–Kier alpha value is -1.81. The van der Waals surface area contributed by atoms with Crippen LogP contribution < -0.4 is 5.73 Å². The van der Waals surface area contributed by atoms with E-state index in [4.69, 9.17) is 15.3 Å². The lowest BCUT2D eigenvalue weighted by atomic mass is 9.33. The number of benzene rings is 1. The number of nitrogens with two attached hydrogens (primary N) is 1. The van der Waals surface area contributed by atoms with Crippen molar-refractivity contribution in [1.29, 1.82) is 0 Å². The maximum Gasteiger partial charge on any atom is 0.373 e. The van der Waals surface area contributed by atoms with Crippen LogP contribution in [0.5, 0.6) is 0 Å². The molecule has 4 saturated carbocycles. The Morgan fingerprint density at radius 1 is 0.976 bits per heavy atom. The first-order chi connectivity index (χ1) is 19.6. The Morgan fingerprint density at radius 2 is 1.67 bits per heavy atom. The van der Waals surface area contributed by atoms with Crippen molar-refractivity contribution >= 4 is 11.7 Å². The highest BCUT2D eigenvalue weighted by atomic mass is 19.1. The highest BCUT2D eigenvalue weighted by Crippen LogP contribution is 2.76. The number of aliphatic hydroxyl groups is 1. The van der Waals surface area contributed by atoms with Gasteiger partial charge in [0.05, 0.1) is 0 Å². The molecule has 0 aromatic heterocycles. The second-order valence-electron chi connectivity index (χ2n) is 16.4. The van der Waals surface area contributed by atoms with E-state index in [-0.39, 0.29) is 34.9 Å². The fourth-order valence-corrected chi connectivity index (χ4v) is 12.3. The van der Waals surface area contributed by atoms with E-state index in [1.54, 1.807) is 6.07 Å². The molecule has 0 spiro atoms. The predicted molar refractivity (Wildman–Crippen MR) is 164 cm³/mol. The van der Waals surface area contributed by atoms with Gasteiger partial charge in [0, 0.05) is 12.1 Å². The lowest BCUT2D eigenvalue weighted by Crippen LogP contribution is -2.67. The molecule has 3 N–H and O–H groups in total. The van der Waals surface area contributed by atoms with E-state index in [0.717, 1.165) is 30.4 Å². The molecule has 1 unspecified atom stereocenters. The third kappa shape index (κ3) is 4.35. The van der Waals surface area contributed by atoms with Gasteiger partial charge in [-0.1, -0.05) is 59.8 Å². The molecule has 232 valence electrons. The van der Waals surface area contributed by atoms with Crippen molar-refractivity contribution in [2.75, 3.05) is 6.61 Å². The number of aliphatic hydroxyl groups excluding tert-OH is 1. The molecule has 0 radical (unpaired) electrons. The zero-order valence-electron chi connectivity index (χ0n) is 27.1. The van der Waals surface area contributed by atoms with E-state index < -0.39 is 0 Å². The van der Waals surface area contributed by atoms with E-state index >= 15 is 0 Å². The molecule has 4 nitrogen and oxygen atoms in total. The van der Waals surface area contributed by atoms with E-state index in [1.165, 1.54) is 44.1 Å². The first-order valence-electron chi connectivity index (χ1n) is 16.5. The van der Waals surface area contributed by atoms with Gasteiger partial charge in [-0.3, -0.25) is 0 Å². The van der Waals surface area contributed by atoms with Crippen LogP contribution in [0, 0.1) is 69.9 Å². The minimum absolute atomic E-state index is 0.0138.